The number of fused-ring (bicyclic) bond motifs is 1. The van der Waals surface area contributed by atoms with Crippen LogP contribution in [0.3, 0.4) is 0 Å². The molecular formula is C14H12N4OS2. The summed E-state index contributed by atoms with van der Waals surface area (Å²) < 4.78 is 1.07. The summed E-state index contributed by atoms with van der Waals surface area (Å²) in [7, 11) is 0. The Labute approximate surface area is 129 Å². The molecule has 0 aliphatic heterocycles. The molecule has 2 aromatic heterocycles. The van der Waals surface area contributed by atoms with E-state index in [0.29, 0.717) is 15.8 Å². The summed E-state index contributed by atoms with van der Waals surface area (Å²) in [5, 5.41) is 1.76. The molecule has 0 spiro atoms. The van der Waals surface area contributed by atoms with E-state index in [1.165, 1.54) is 23.1 Å². The zero-order chi connectivity index (χ0) is 14.7. The molecule has 0 radical (unpaired) electrons. The number of thioether (sulfide) groups is 1. The molecule has 0 aliphatic rings. The van der Waals surface area contributed by atoms with Crippen molar-refractivity contribution in [2.45, 2.75) is 10.9 Å². The summed E-state index contributed by atoms with van der Waals surface area (Å²) >= 11 is 2.94. The van der Waals surface area contributed by atoms with E-state index in [9.17, 15) is 4.79 Å². The maximum absolute atomic E-state index is 11.9. The second-order valence-electron chi connectivity index (χ2n) is 4.20. The molecule has 0 fully saturated rings. The molecule has 0 bridgehead atoms. The lowest BCUT2D eigenvalue weighted by molar-refractivity contribution is 0.0957. The van der Waals surface area contributed by atoms with Gasteiger partial charge in [0.15, 0.2) is 5.16 Å². The van der Waals surface area contributed by atoms with E-state index in [4.69, 9.17) is 5.84 Å². The number of nitrogens with zero attached hydrogens (tertiary/aromatic N) is 2. The molecule has 1 aromatic carbocycles. The van der Waals surface area contributed by atoms with E-state index in [1.54, 1.807) is 18.5 Å². The van der Waals surface area contributed by atoms with Crippen LogP contribution in [0.15, 0.2) is 47.9 Å². The molecule has 3 N–H and O–H groups in total. The zero-order valence-electron chi connectivity index (χ0n) is 10.9. The number of rotatable bonds is 4. The van der Waals surface area contributed by atoms with E-state index in [1.807, 2.05) is 24.3 Å². The van der Waals surface area contributed by atoms with Crippen LogP contribution in [0, 0.1) is 0 Å². The average Bonchev–Trinajstić information content (AvgIpc) is 2.92. The fourth-order valence-corrected chi connectivity index (χ4v) is 4.05. The number of amides is 1. The lowest BCUT2D eigenvalue weighted by Gasteiger charge is -2.03. The molecule has 1 amide bonds. The molecule has 2 heterocycles. The van der Waals surface area contributed by atoms with E-state index in [0.717, 1.165) is 15.6 Å². The number of carbonyl (C=O) groups excluding carboxylic acids is 1. The molecule has 0 saturated carbocycles. The van der Waals surface area contributed by atoms with Gasteiger partial charge in [-0.3, -0.25) is 10.2 Å². The highest BCUT2D eigenvalue weighted by atomic mass is 32.2. The number of thiophene rings is 1. The van der Waals surface area contributed by atoms with Gasteiger partial charge < -0.3 is 0 Å². The minimum absolute atomic E-state index is 0.263. The van der Waals surface area contributed by atoms with Crippen LogP contribution in [-0.4, -0.2) is 15.9 Å². The Hall–Kier alpha value is -1.96. The molecule has 5 nitrogen and oxygen atoms in total. The van der Waals surface area contributed by atoms with Crippen molar-refractivity contribution in [1.82, 2.24) is 15.4 Å². The molecule has 0 unspecified atom stereocenters. The van der Waals surface area contributed by atoms with Crippen molar-refractivity contribution in [2.75, 3.05) is 0 Å². The number of hydrazine groups is 1. The van der Waals surface area contributed by atoms with Crippen molar-refractivity contribution in [3.63, 3.8) is 0 Å². The van der Waals surface area contributed by atoms with Crippen LogP contribution in [-0.2, 0) is 5.75 Å². The quantitative estimate of drug-likeness (QED) is 0.254. The first-order valence-corrected chi connectivity index (χ1v) is 8.01. The molecule has 0 atom stereocenters. The summed E-state index contributed by atoms with van der Waals surface area (Å²) in [6.45, 7) is 0. The number of nitrogens with one attached hydrogen (secondary N) is 1. The summed E-state index contributed by atoms with van der Waals surface area (Å²) in [5.74, 6) is 5.64. The predicted molar refractivity (Wildman–Crippen MR) is 85.1 cm³/mol. The number of benzene rings is 1. The first-order valence-electron chi connectivity index (χ1n) is 6.21. The first-order chi connectivity index (χ1) is 10.3. The number of aromatic nitrogens is 2. The fraction of sp³-hybridized carbons (Fsp3) is 0.0714. The molecule has 3 rings (SSSR count). The van der Waals surface area contributed by atoms with Crippen molar-refractivity contribution in [1.29, 1.82) is 0 Å². The van der Waals surface area contributed by atoms with E-state index in [-0.39, 0.29) is 5.91 Å². The zero-order valence-corrected chi connectivity index (χ0v) is 12.6. The van der Waals surface area contributed by atoms with Crippen LogP contribution in [0.2, 0.25) is 0 Å². The topological polar surface area (TPSA) is 80.9 Å². The highest BCUT2D eigenvalue weighted by molar-refractivity contribution is 7.98. The Morgan fingerprint density at radius 3 is 2.76 bits per heavy atom. The molecule has 0 aliphatic carbocycles. The molecule has 106 valence electrons. The van der Waals surface area contributed by atoms with Crippen LogP contribution in [0.5, 0.6) is 0 Å². The third kappa shape index (κ3) is 2.90. The Morgan fingerprint density at radius 2 is 2.00 bits per heavy atom. The second-order valence-corrected chi connectivity index (χ2v) is 6.19. The average molecular weight is 316 g/mol. The minimum atomic E-state index is -0.263. The van der Waals surface area contributed by atoms with Gasteiger partial charge in [-0.2, -0.15) is 0 Å². The van der Waals surface area contributed by atoms with E-state index >= 15 is 0 Å². The highest BCUT2D eigenvalue weighted by Gasteiger charge is 2.17. The Bertz CT molecular complexity index is 773. The van der Waals surface area contributed by atoms with Gasteiger partial charge in [0.05, 0.1) is 4.88 Å². The van der Waals surface area contributed by atoms with Crippen LogP contribution >= 0.6 is 23.1 Å². The normalized spacial score (nSPS) is 10.7. The Balaban J connectivity index is 1.97. The molecule has 0 saturated heterocycles. The van der Waals surface area contributed by atoms with Crippen molar-refractivity contribution >= 4 is 39.1 Å². The molecule has 7 heteroatoms. The number of hydrogen-bond acceptors (Lipinski definition) is 6. The van der Waals surface area contributed by atoms with Gasteiger partial charge in [-0.15, -0.1) is 11.3 Å². The largest absolute Gasteiger partial charge is 0.289 e. The van der Waals surface area contributed by atoms with E-state index in [2.05, 4.69) is 15.4 Å². The van der Waals surface area contributed by atoms with Gasteiger partial charge in [0.2, 0.25) is 0 Å². The highest BCUT2D eigenvalue weighted by Crippen LogP contribution is 2.34. The second kappa shape index (κ2) is 6.21. The number of nitrogens with two attached hydrogens (primary N) is 1. The fourth-order valence-electron chi connectivity index (χ4n) is 1.99. The summed E-state index contributed by atoms with van der Waals surface area (Å²) in [6.07, 6.45) is 3.41. The van der Waals surface area contributed by atoms with Crippen molar-refractivity contribution in [3.8, 4) is 0 Å². The lowest BCUT2D eigenvalue weighted by atomic mass is 10.1. The molecule has 3 aromatic rings. The van der Waals surface area contributed by atoms with Crippen LogP contribution in [0.4, 0.5) is 0 Å². The van der Waals surface area contributed by atoms with Crippen LogP contribution < -0.4 is 11.3 Å². The first kappa shape index (κ1) is 14.0. The molecular weight excluding hydrogens is 304 g/mol. The van der Waals surface area contributed by atoms with Crippen LogP contribution in [0.1, 0.15) is 15.2 Å². The minimum Gasteiger partial charge on any atom is -0.289 e. The molecule has 21 heavy (non-hydrogen) atoms. The SMILES string of the molecule is NNC(=O)c1sc2ccccc2c1CSc1ncccn1. The smallest absolute Gasteiger partial charge is 0.275 e. The Kier molecular flexibility index (Phi) is 4.14. The van der Waals surface area contributed by atoms with Gasteiger partial charge in [-0.1, -0.05) is 30.0 Å². The lowest BCUT2D eigenvalue weighted by Crippen LogP contribution is -2.29. The number of hydrogen-bond donors (Lipinski definition) is 2. The Morgan fingerprint density at radius 1 is 1.24 bits per heavy atom. The van der Waals surface area contributed by atoms with Gasteiger partial charge in [0.1, 0.15) is 0 Å². The van der Waals surface area contributed by atoms with Crippen LogP contribution in [0.25, 0.3) is 10.1 Å². The predicted octanol–water partition coefficient (Wildman–Crippen LogP) is 2.59. The summed E-state index contributed by atoms with van der Waals surface area (Å²) in [6, 6.07) is 9.71. The number of nitrogen functional groups attached to an aromatic ring is 1. The van der Waals surface area contributed by atoms with Crippen molar-refractivity contribution in [2.24, 2.45) is 5.84 Å². The monoisotopic (exact) mass is 316 g/mol. The third-order valence-corrected chi connectivity index (χ3v) is 5.04. The standard InChI is InChI=1S/C14H12N4OS2/c15-18-13(19)12-10(8-20-14-16-6-3-7-17-14)9-4-1-2-5-11(9)21-12/h1-7H,8,15H2,(H,18,19). The van der Waals surface area contributed by atoms with Gasteiger partial charge in [0, 0.05) is 22.8 Å². The third-order valence-electron chi connectivity index (χ3n) is 2.92. The van der Waals surface area contributed by atoms with E-state index < -0.39 is 0 Å². The van der Waals surface area contributed by atoms with Gasteiger partial charge >= 0.3 is 0 Å². The van der Waals surface area contributed by atoms with Gasteiger partial charge in [-0.25, -0.2) is 15.8 Å². The van der Waals surface area contributed by atoms with Crippen molar-refractivity contribution < 1.29 is 4.79 Å². The van der Waals surface area contributed by atoms with Crippen molar-refractivity contribution in [3.05, 3.63) is 53.2 Å². The number of carbonyl (C=O) groups is 1. The maximum Gasteiger partial charge on any atom is 0.275 e. The summed E-state index contributed by atoms with van der Waals surface area (Å²) in [4.78, 5) is 21.0. The summed E-state index contributed by atoms with van der Waals surface area (Å²) in [5.41, 5.74) is 3.18. The van der Waals surface area contributed by atoms with Gasteiger partial charge in [-0.05, 0) is 23.1 Å². The maximum atomic E-state index is 11.9. The van der Waals surface area contributed by atoms with Gasteiger partial charge in [0.25, 0.3) is 5.91 Å².